The second-order valence-electron chi connectivity index (χ2n) is 4.43. The van der Waals surface area contributed by atoms with Crippen LogP contribution in [0.1, 0.15) is 33.0 Å². The Bertz CT molecular complexity index is 331. The van der Waals surface area contributed by atoms with Crippen LogP contribution in [0.25, 0.3) is 0 Å². The normalized spacial score (nSPS) is 16.5. The average molecular weight is 224 g/mol. The molecule has 0 bridgehead atoms. The van der Waals surface area contributed by atoms with Crippen molar-refractivity contribution in [3.8, 4) is 0 Å². The molecule has 1 rings (SSSR count). The molecule has 1 aromatic rings. The minimum atomic E-state index is -0.794. The minimum absolute atomic E-state index is 0.0214. The molecule has 0 aliphatic heterocycles. The van der Waals surface area contributed by atoms with Gasteiger partial charge < -0.3 is 15.5 Å². The average Bonchev–Trinajstić information content (AvgIpc) is 2.70. The minimum Gasteiger partial charge on any atom is -0.469 e. The number of hydrogen-bond donors (Lipinski definition) is 2. The maximum Gasteiger partial charge on any atom is 0.240 e. The van der Waals surface area contributed by atoms with E-state index in [9.17, 15) is 4.79 Å². The van der Waals surface area contributed by atoms with Crippen LogP contribution in [0, 0.1) is 0 Å². The maximum atomic E-state index is 11.8. The lowest BCUT2D eigenvalue weighted by Crippen LogP contribution is -2.53. The summed E-state index contributed by atoms with van der Waals surface area (Å²) in [4.78, 5) is 11.8. The van der Waals surface area contributed by atoms with Gasteiger partial charge in [0.2, 0.25) is 5.91 Å². The first-order valence-corrected chi connectivity index (χ1v) is 5.58. The van der Waals surface area contributed by atoms with E-state index in [2.05, 4.69) is 5.32 Å². The molecule has 0 aliphatic rings. The van der Waals surface area contributed by atoms with E-state index in [1.807, 2.05) is 26.0 Å². The van der Waals surface area contributed by atoms with Crippen molar-refractivity contribution < 1.29 is 9.21 Å². The van der Waals surface area contributed by atoms with Gasteiger partial charge in [-0.05, 0) is 32.4 Å². The SMILES string of the molecule is CCC(C)(N)C(=O)NC(C)Cc1ccco1. The maximum absolute atomic E-state index is 11.8. The number of carbonyl (C=O) groups is 1. The molecule has 0 aromatic carbocycles. The van der Waals surface area contributed by atoms with Crippen LogP contribution in [0.3, 0.4) is 0 Å². The topological polar surface area (TPSA) is 68.3 Å². The fraction of sp³-hybridized carbons (Fsp3) is 0.583. The van der Waals surface area contributed by atoms with Crippen molar-refractivity contribution in [2.24, 2.45) is 5.73 Å². The fourth-order valence-corrected chi connectivity index (χ4v) is 1.33. The zero-order valence-electron chi connectivity index (χ0n) is 10.1. The summed E-state index contributed by atoms with van der Waals surface area (Å²) in [6, 6.07) is 3.75. The van der Waals surface area contributed by atoms with Gasteiger partial charge >= 0.3 is 0 Å². The number of rotatable bonds is 5. The molecule has 1 aromatic heterocycles. The molecule has 1 amide bonds. The van der Waals surface area contributed by atoms with Crippen molar-refractivity contribution >= 4 is 5.91 Å². The number of nitrogens with two attached hydrogens (primary N) is 1. The van der Waals surface area contributed by atoms with Crippen molar-refractivity contribution in [3.63, 3.8) is 0 Å². The lowest BCUT2D eigenvalue weighted by molar-refractivity contribution is -0.126. The molecule has 0 saturated carbocycles. The number of nitrogens with one attached hydrogen (secondary N) is 1. The highest BCUT2D eigenvalue weighted by Crippen LogP contribution is 2.07. The molecule has 0 spiro atoms. The van der Waals surface area contributed by atoms with Crippen LogP contribution in [0.4, 0.5) is 0 Å². The number of amides is 1. The van der Waals surface area contributed by atoms with Crippen LogP contribution < -0.4 is 11.1 Å². The Balaban J connectivity index is 2.46. The van der Waals surface area contributed by atoms with Gasteiger partial charge in [-0.25, -0.2) is 0 Å². The monoisotopic (exact) mass is 224 g/mol. The molecule has 2 unspecified atom stereocenters. The Morgan fingerprint density at radius 2 is 2.38 bits per heavy atom. The zero-order valence-corrected chi connectivity index (χ0v) is 10.1. The molecular formula is C12H20N2O2. The lowest BCUT2D eigenvalue weighted by atomic mass is 9.99. The smallest absolute Gasteiger partial charge is 0.240 e. The van der Waals surface area contributed by atoms with Gasteiger partial charge in [-0.2, -0.15) is 0 Å². The first-order chi connectivity index (χ1) is 7.45. The molecular weight excluding hydrogens is 204 g/mol. The van der Waals surface area contributed by atoms with E-state index in [-0.39, 0.29) is 11.9 Å². The molecule has 90 valence electrons. The van der Waals surface area contributed by atoms with Gasteiger partial charge in [-0.15, -0.1) is 0 Å². The van der Waals surface area contributed by atoms with E-state index in [0.29, 0.717) is 12.8 Å². The van der Waals surface area contributed by atoms with Crippen LogP contribution in [-0.4, -0.2) is 17.5 Å². The highest BCUT2D eigenvalue weighted by molar-refractivity contribution is 5.85. The molecule has 2 atom stereocenters. The first-order valence-electron chi connectivity index (χ1n) is 5.58. The van der Waals surface area contributed by atoms with Crippen LogP contribution in [0.2, 0.25) is 0 Å². The molecule has 1 heterocycles. The Labute approximate surface area is 96.2 Å². The summed E-state index contributed by atoms with van der Waals surface area (Å²) < 4.78 is 5.22. The van der Waals surface area contributed by atoms with Gasteiger partial charge in [0, 0.05) is 12.5 Å². The molecule has 3 N–H and O–H groups in total. The highest BCUT2D eigenvalue weighted by atomic mass is 16.3. The van der Waals surface area contributed by atoms with Crippen molar-refractivity contribution in [3.05, 3.63) is 24.2 Å². The zero-order chi connectivity index (χ0) is 12.2. The summed E-state index contributed by atoms with van der Waals surface area (Å²) >= 11 is 0. The Morgan fingerprint density at radius 1 is 1.69 bits per heavy atom. The van der Waals surface area contributed by atoms with Crippen molar-refractivity contribution in [1.29, 1.82) is 0 Å². The van der Waals surface area contributed by atoms with Gasteiger partial charge in [0.1, 0.15) is 5.76 Å². The molecule has 16 heavy (non-hydrogen) atoms. The Kier molecular flexibility index (Phi) is 4.12. The Hall–Kier alpha value is -1.29. The van der Waals surface area contributed by atoms with Gasteiger partial charge in [0.15, 0.2) is 0 Å². The van der Waals surface area contributed by atoms with Crippen molar-refractivity contribution in [2.75, 3.05) is 0 Å². The van der Waals surface area contributed by atoms with E-state index in [0.717, 1.165) is 5.76 Å². The number of hydrogen-bond acceptors (Lipinski definition) is 3. The predicted octanol–water partition coefficient (Wildman–Crippen LogP) is 1.45. The molecule has 0 saturated heterocycles. The van der Waals surface area contributed by atoms with Crippen LogP contribution in [0.5, 0.6) is 0 Å². The quantitative estimate of drug-likeness (QED) is 0.795. The van der Waals surface area contributed by atoms with Gasteiger partial charge in [0.05, 0.1) is 11.8 Å². The summed E-state index contributed by atoms with van der Waals surface area (Å²) in [6.07, 6.45) is 2.92. The van der Waals surface area contributed by atoms with E-state index in [4.69, 9.17) is 10.2 Å². The Morgan fingerprint density at radius 3 is 2.88 bits per heavy atom. The summed E-state index contributed by atoms with van der Waals surface area (Å²) in [5, 5.41) is 2.89. The number of furan rings is 1. The van der Waals surface area contributed by atoms with Gasteiger partial charge in [0.25, 0.3) is 0 Å². The van der Waals surface area contributed by atoms with Crippen LogP contribution in [0.15, 0.2) is 22.8 Å². The molecule has 0 fully saturated rings. The van der Waals surface area contributed by atoms with E-state index in [1.165, 1.54) is 0 Å². The molecule has 0 radical (unpaired) electrons. The second kappa shape index (κ2) is 5.16. The van der Waals surface area contributed by atoms with Gasteiger partial charge in [-0.3, -0.25) is 4.79 Å². The summed E-state index contributed by atoms with van der Waals surface area (Å²) in [7, 11) is 0. The van der Waals surface area contributed by atoms with Crippen LogP contribution >= 0.6 is 0 Å². The lowest BCUT2D eigenvalue weighted by Gasteiger charge is -2.24. The van der Waals surface area contributed by atoms with Crippen molar-refractivity contribution in [2.45, 2.75) is 45.2 Å². The van der Waals surface area contributed by atoms with E-state index >= 15 is 0 Å². The number of carbonyl (C=O) groups excluding carboxylic acids is 1. The largest absolute Gasteiger partial charge is 0.469 e. The third kappa shape index (κ3) is 3.38. The summed E-state index contributed by atoms with van der Waals surface area (Å²) in [5.74, 6) is 0.747. The molecule has 0 aliphatic carbocycles. The predicted molar refractivity (Wildman–Crippen MR) is 62.9 cm³/mol. The third-order valence-corrected chi connectivity index (χ3v) is 2.72. The van der Waals surface area contributed by atoms with Crippen molar-refractivity contribution in [1.82, 2.24) is 5.32 Å². The standard InChI is InChI=1S/C12H20N2O2/c1-4-12(3,13)11(15)14-9(2)8-10-6-5-7-16-10/h5-7,9H,4,8,13H2,1-3H3,(H,14,15). The third-order valence-electron chi connectivity index (χ3n) is 2.72. The fourth-order valence-electron chi connectivity index (χ4n) is 1.33. The van der Waals surface area contributed by atoms with Gasteiger partial charge in [-0.1, -0.05) is 6.92 Å². The van der Waals surface area contributed by atoms with Crippen LogP contribution in [-0.2, 0) is 11.2 Å². The second-order valence-corrected chi connectivity index (χ2v) is 4.43. The summed E-state index contributed by atoms with van der Waals surface area (Å²) in [5.41, 5.74) is 5.05. The van der Waals surface area contributed by atoms with E-state index < -0.39 is 5.54 Å². The van der Waals surface area contributed by atoms with E-state index in [1.54, 1.807) is 13.2 Å². The highest BCUT2D eigenvalue weighted by Gasteiger charge is 2.26. The molecule has 4 nitrogen and oxygen atoms in total. The first kappa shape index (κ1) is 12.8. The summed E-state index contributed by atoms with van der Waals surface area (Å²) in [6.45, 7) is 5.57. The molecule has 4 heteroatoms.